The number of hydrogen-bond donors (Lipinski definition) is 2. The van der Waals surface area contributed by atoms with Crippen molar-refractivity contribution < 1.29 is 13.2 Å². The first-order chi connectivity index (χ1) is 10.9. The Labute approximate surface area is 139 Å². The van der Waals surface area contributed by atoms with Crippen LogP contribution in [0.4, 0.5) is 0 Å². The Morgan fingerprint density at radius 1 is 1.30 bits per heavy atom. The van der Waals surface area contributed by atoms with E-state index in [1.54, 1.807) is 0 Å². The number of para-hydroxylation sites is 1. The summed E-state index contributed by atoms with van der Waals surface area (Å²) in [6.45, 7) is 5.67. The average Bonchev–Trinajstić information content (AvgIpc) is 2.50. The van der Waals surface area contributed by atoms with Crippen molar-refractivity contribution in [3.63, 3.8) is 0 Å². The summed E-state index contributed by atoms with van der Waals surface area (Å²) in [7, 11) is -2.94. The van der Waals surface area contributed by atoms with E-state index in [0.29, 0.717) is 25.5 Å². The van der Waals surface area contributed by atoms with Gasteiger partial charge in [0.05, 0.1) is 12.3 Å². The molecule has 1 atom stereocenters. The summed E-state index contributed by atoms with van der Waals surface area (Å²) in [5, 5.41) is 6.35. The van der Waals surface area contributed by atoms with Gasteiger partial charge in [-0.1, -0.05) is 18.2 Å². The molecule has 130 valence electrons. The zero-order valence-corrected chi connectivity index (χ0v) is 14.9. The fourth-order valence-electron chi connectivity index (χ4n) is 1.85. The van der Waals surface area contributed by atoms with E-state index in [4.69, 9.17) is 4.74 Å². The molecule has 7 heteroatoms. The Balaban J connectivity index is 2.40. The number of nitrogens with zero attached hydrogens (tertiary/aromatic N) is 1. The fourth-order valence-corrected chi connectivity index (χ4v) is 2.64. The van der Waals surface area contributed by atoms with E-state index in [1.165, 1.54) is 6.26 Å². The predicted octanol–water partition coefficient (Wildman–Crippen LogP) is 1.44. The summed E-state index contributed by atoms with van der Waals surface area (Å²) in [4.78, 5) is 4.43. The summed E-state index contributed by atoms with van der Waals surface area (Å²) in [6.07, 6.45) is 1.80. The number of guanidine groups is 1. The quantitative estimate of drug-likeness (QED) is 0.404. The van der Waals surface area contributed by atoms with Crippen LogP contribution in [0, 0.1) is 0 Å². The molecule has 23 heavy (non-hydrogen) atoms. The minimum Gasteiger partial charge on any atom is -0.492 e. The molecule has 6 nitrogen and oxygen atoms in total. The van der Waals surface area contributed by atoms with E-state index in [2.05, 4.69) is 15.6 Å². The third-order valence-electron chi connectivity index (χ3n) is 3.02. The molecular weight excluding hydrogens is 314 g/mol. The van der Waals surface area contributed by atoms with Crippen molar-refractivity contribution in [3.05, 3.63) is 30.3 Å². The Morgan fingerprint density at radius 2 is 2.00 bits per heavy atom. The van der Waals surface area contributed by atoms with E-state index >= 15 is 0 Å². The van der Waals surface area contributed by atoms with Crippen LogP contribution in [0.5, 0.6) is 5.75 Å². The molecule has 0 bridgehead atoms. The zero-order valence-electron chi connectivity index (χ0n) is 14.1. The lowest BCUT2D eigenvalue weighted by Crippen LogP contribution is -2.43. The Bertz CT molecular complexity index is 573. The van der Waals surface area contributed by atoms with Crippen LogP contribution >= 0.6 is 0 Å². The summed E-state index contributed by atoms with van der Waals surface area (Å²) in [5.74, 6) is 1.66. The predicted molar refractivity (Wildman–Crippen MR) is 94.8 cm³/mol. The standard InChI is InChI=1S/C16H27N3O3S/c1-4-17-16(19-14(2)10-13-23(3,20)21)18-11-12-22-15-8-6-5-7-9-15/h5-9,14H,4,10-13H2,1-3H3,(H2,17,18,19). The van der Waals surface area contributed by atoms with E-state index in [-0.39, 0.29) is 11.8 Å². The van der Waals surface area contributed by atoms with Crippen LogP contribution in [0.25, 0.3) is 0 Å². The highest BCUT2D eigenvalue weighted by Crippen LogP contribution is 2.07. The molecule has 0 aliphatic heterocycles. The van der Waals surface area contributed by atoms with Gasteiger partial charge in [-0.3, -0.25) is 0 Å². The molecular formula is C16H27N3O3S. The topological polar surface area (TPSA) is 79.8 Å². The largest absolute Gasteiger partial charge is 0.492 e. The fraction of sp³-hybridized carbons (Fsp3) is 0.562. The van der Waals surface area contributed by atoms with Crippen LogP contribution in [0.3, 0.4) is 0 Å². The molecule has 0 fully saturated rings. The van der Waals surface area contributed by atoms with Crippen molar-refractivity contribution >= 4 is 15.8 Å². The number of sulfone groups is 1. The van der Waals surface area contributed by atoms with E-state index in [9.17, 15) is 8.42 Å². The molecule has 1 aromatic rings. The minimum absolute atomic E-state index is 0.0255. The van der Waals surface area contributed by atoms with Crippen LogP contribution in [0.15, 0.2) is 35.3 Å². The van der Waals surface area contributed by atoms with E-state index < -0.39 is 9.84 Å². The average molecular weight is 341 g/mol. The van der Waals surface area contributed by atoms with Gasteiger partial charge in [-0.05, 0) is 32.4 Å². The van der Waals surface area contributed by atoms with E-state index in [0.717, 1.165) is 12.3 Å². The van der Waals surface area contributed by atoms with Crippen molar-refractivity contribution in [3.8, 4) is 5.75 Å². The lowest BCUT2D eigenvalue weighted by molar-refractivity contribution is 0.328. The molecule has 0 saturated carbocycles. The normalized spacial score (nSPS) is 13.4. The maximum absolute atomic E-state index is 11.2. The van der Waals surface area contributed by atoms with Crippen molar-refractivity contribution in [1.82, 2.24) is 10.6 Å². The van der Waals surface area contributed by atoms with Crippen molar-refractivity contribution in [2.45, 2.75) is 26.3 Å². The zero-order chi connectivity index (χ0) is 17.1. The van der Waals surface area contributed by atoms with Gasteiger partial charge in [0.1, 0.15) is 22.2 Å². The molecule has 1 aromatic carbocycles. The second kappa shape index (κ2) is 10.1. The molecule has 1 rings (SSSR count). The lowest BCUT2D eigenvalue weighted by atomic mass is 10.3. The van der Waals surface area contributed by atoms with Gasteiger partial charge in [0, 0.05) is 18.8 Å². The molecule has 0 spiro atoms. The highest BCUT2D eigenvalue weighted by Gasteiger charge is 2.09. The van der Waals surface area contributed by atoms with Gasteiger partial charge in [0.25, 0.3) is 0 Å². The molecule has 0 amide bonds. The molecule has 1 unspecified atom stereocenters. The molecule has 0 radical (unpaired) electrons. The maximum Gasteiger partial charge on any atom is 0.191 e. The lowest BCUT2D eigenvalue weighted by Gasteiger charge is -2.17. The van der Waals surface area contributed by atoms with Crippen LogP contribution < -0.4 is 15.4 Å². The van der Waals surface area contributed by atoms with Crippen molar-refractivity contribution in [2.75, 3.05) is 31.7 Å². The summed E-state index contributed by atoms with van der Waals surface area (Å²) >= 11 is 0. The smallest absolute Gasteiger partial charge is 0.191 e. The molecule has 0 aliphatic rings. The first kappa shape index (κ1) is 19.3. The Morgan fingerprint density at radius 3 is 2.61 bits per heavy atom. The number of ether oxygens (including phenoxy) is 1. The summed E-state index contributed by atoms with van der Waals surface area (Å²) < 4.78 is 28.0. The van der Waals surface area contributed by atoms with Crippen molar-refractivity contribution in [1.29, 1.82) is 0 Å². The first-order valence-corrected chi connectivity index (χ1v) is 9.87. The van der Waals surface area contributed by atoms with Crippen LogP contribution in [0.1, 0.15) is 20.3 Å². The van der Waals surface area contributed by atoms with Gasteiger partial charge in [0.2, 0.25) is 0 Å². The van der Waals surface area contributed by atoms with Gasteiger partial charge >= 0.3 is 0 Å². The Kier molecular flexibility index (Phi) is 8.47. The molecule has 2 N–H and O–H groups in total. The van der Waals surface area contributed by atoms with Gasteiger partial charge in [-0.25, -0.2) is 13.4 Å². The number of aliphatic imine (C=N–C) groups is 1. The molecule has 0 saturated heterocycles. The van der Waals surface area contributed by atoms with Crippen molar-refractivity contribution in [2.24, 2.45) is 4.99 Å². The number of hydrogen-bond acceptors (Lipinski definition) is 4. The number of rotatable bonds is 9. The number of benzene rings is 1. The van der Waals surface area contributed by atoms with Gasteiger partial charge in [0.15, 0.2) is 5.96 Å². The second-order valence-electron chi connectivity index (χ2n) is 5.39. The highest BCUT2D eigenvalue weighted by molar-refractivity contribution is 7.90. The van der Waals surface area contributed by atoms with Gasteiger partial charge in [-0.15, -0.1) is 0 Å². The monoisotopic (exact) mass is 341 g/mol. The summed E-state index contributed by atoms with van der Waals surface area (Å²) in [5.41, 5.74) is 0. The first-order valence-electron chi connectivity index (χ1n) is 7.81. The van der Waals surface area contributed by atoms with Crippen LogP contribution in [-0.2, 0) is 9.84 Å². The van der Waals surface area contributed by atoms with Gasteiger partial charge in [-0.2, -0.15) is 0 Å². The minimum atomic E-state index is -2.94. The highest BCUT2D eigenvalue weighted by atomic mass is 32.2. The maximum atomic E-state index is 11.2. The molecule has 0 aliphatic carbocycles. The van der Waals surface area contributed by atoms with Crippen LogP contribution in [0.2, 0.25) is 0 Å². The molecule has 0 aromatic heterocycles. The summed E-state index contributed by atoms with van der Waals surface area (Å²) in [6, 6.07) is 9.62. The molecule has 0 heterocycles. The third kappa shape index (κ3) is 9.78. The third-order valence-corrected chi connectivity index (χ3v) is 4.00. The van der Waals surface area contributed by atoms with E-state index in [1.807, 2.05) is 44.2 Å². The SMILES string of the molecule is CCNC(=NCCOc1ccccc1)NC(C)CCS(C)(=O)=O. The Hall–Kier alpha value is -1.76. The second-order valence-corrected chi connectivity index (χ2v) is 7.65. The number of nitrogens with one attached hydrogen (secondary N) is 2. The van der Waals surface area contributed by atoms with Crippen LogP contribution in [-0.4, -0.2) is 52.1 Å². The van der Waals surface area contributed by atoms with Gasteiger partial charge < -0.3 is 15.4 Å².